The van der Waals surface area contributed by atoms with Crippen molar-refractivity contribution in [2.24, 2.45) is 12.8 Å². The van der Waals surface area contributed by atoms with E-state index in [1.54, 1.807) is 6.20 Å². The van der Waals surface area contributed by atoms with Crippen molar-refractivity contribution >= 4 is 40.2 Å². The Labute approximate surface area is 215 Å². The van der Waals surface area contributed by atoms with Gasteiger partial charge in [0.1, 0.15) is 11.5 Å². The first-order chi connectivity index (χ1) is 17.4. The summed E-state index contributed by atoms with van der Waals surface area (Å²) in [6, 6.07) is 17.3. The topological polar surface area (TPSA) is 98.3 Å². The van der Waals surface area contributed by atoms with Gasteiger partial charge in [-0.1, -0.05) is 11.6 Å². The Morgan fingerprint density at radius 3 is 2.67 bits per heavy atom. The van der Waals surface area contributed by atoms with Crippen molar-refractivity contribution in [3.05, 3.63) is 71.5 Å². The van der Waals surface area contributed by atoms with Gasteiger partial charge >= 0.3 is 0 Å². The van der Waals surface area contributed by atoms with Crippen LogP contribution in [0.1, 0.15) is 30.9 Å². The summed E-state index contributed by atoms with van der Waals surface area (Å²) in [5, 5.41) is 4.01. The van der Waals surface area contributed by atoms with Gasteiger partial charge in [0.25, 0.3) is 0 Å². The molecule has 0 bridgehead atoms. The van der Waals surface area contributed by atoms with Crippen LogP contribution < -0.4 is 15.8 Å². The van der Waals surface area contributed by atoms with Gasteiger partial charge in [-0.05, 0) is 68.9 Å². The first-order valence-electron chi connectivity index (χ1n) is 12.0. The molecule has 8 nitrogen and oxygen atoms in total. The van der Waals surface area contributed by atoms with E-state index < -0.39 is 0 Å². The third-order valence-electron chi connectivity index (χ3n) is 6.78. The quantitative estimate of drug-likeness (QED) is 0.342. The number of nitrogens with zero attached hydrogens (tertiary/aromatic N) is 4. The van der Waals surface area contributed by atoms with Crippen LogP contribution in [0.4, 0.5) is 11.6 Å². The first kappa shape index (κ1) is 24.1. The minimum atomic E-state index is -0.322. The Kier molecular flexibility index (Phi) is 6.80. The Balaban J connectivity index is 1.38. The van der Waals surface area contributed by atoms with E-state index in [9.17, 15) is 4.79 Å². The standard InChI is InChI=1S/C27H29ClN6O2/c1-33-13-3-4-24(33)21(16-26(29)35)22-14-20(11-12-30-22)36-19-9-10-25-23(15-19)32-27(34(25)2)31-18-7-5-17(28)6-8-18/h5-12,14-15,21,24H,3-4,13,16H2,1-2H3,(H2,29,35)(H,31,32). The summed E-state index contributed by atoms with van der Waals surface area (Å²) in [6.45, 7) is 1.01. The lowest BCUT2D eigenvalue weighted by atomic mass is 9.90. The Morgan fingerprint density at radius 2 is 1.94 bits per heavy atom. The molecule has 9 heteroatoms. The second-order valence-corrected chi connectivity index (χ2v) is 9.70. The van der Waals surface area contributed by atoms with Crippen LogP contribution in [0, 0.1) is 0 Å². The summed E-state index contributed by atoms with van der Waals surface area (Å²) in [5.41, 5.74) is 9.09. The molecule has 2 unspecified atom stereocenters. The van der Waals surface area contributed by atoms with Crippen LogP contribution in [0.5, 0.6) is 11.5 Å². The van der Waals surface area contributed by atoms with Crippen molar-refractivity contribution in [1.82, 2.24) is 19.4 Å². The van der Waals surface area contributed by atoms with Crippen molar-refractivity contribution < 1.29 is 9.53 Å². The average Bonchev–Trinajstić information content (AvgIpc) is 3.41. The molecule has 1 aliphatic heterocycles. The molecule has 1 aliphatic rings. The summed E-state index contributed by atoms with van der Waals surface area (Å²) in [4.78, 5) is 23.4. The van der Waals surface area contributed by atoms with Crippen LogP contribution in [-0.2, 0) is 11.8 Å². The molecule has 186 valence electrons. The zero-order valence-corrected chi connectivity index (χ0v) is 21.1. The number of imidazole rings is 1. The molecular formula is C27H29ClN6O2. The van der Waals surface area contributed by atoms with Crippen molar-refractivity contribution in [3.63, 3.8) is 0 Å². The second-order valence-electron chi connectivity index (χ2n) is 9.26. The van der Waals surface area contributed by atoms with Gasteiger partial charge in [0, 0.05) is 60.2 Å². The van der Waals surface area contributed by atoms with E-state index in [0.29, 0.717) is 22.5 Å². The van der Waals surface area contributed by atoms with Crippen LogP contribution in [-0.4, -0.2) is 45.0 Å². The maximum absolute atomic E-state index is 11.8. The summed E-state index contributed by atoms with van der Waals surface area (Å²) < 4.78 is 8.19. The van der Waals surface area contributed by atoms with Crippen LogP contribution in [0.15, 0.2) is 60.8 Å². The predicted molar refractivity (Wildman–Crippen MR) is 142 cm³/mol. The number of aryl methyl sites for hydroxylation is 1. The lowest BCUT2D eigenvalue weighted by Gasteiger charge is -2.28. The number of amides is 1. The molecule has 2 aromatic carbocycles. The molecule has 0 radical (unpaired) electrons. The fourth-order valence-corrected chi connectivity index (χ4v) is 5.07. The highest BCUT2D eigenvalue weighted by Gasteiger charge is 2.32. The number of likely N-dealkylation sites (N-methyl/N-ethyl adjacent to an activating group) is 1. The van der Waals surface area contributed by atoms with Crippen LogP contribution in [0.3, 0.4) is 0 Å². The highest BCUT2D eigenvalue weighted by atomic mass is 35.5. The maximum atomic E-state index is 11.8. The summed E-state index contributed by atoms with van der Waals surface area (Å²) in [5.74, 6) is 1.64. The SMILES string of the molecule is CN1CCCC1C(CC(N)=O)c1cc(Oc2ccc3c(c2)nc(Nc2ccc(Cl)cc2)n3C)ccn1. The molecule has 2 aromatic heterocycles. The normalized spacial score (nSPS) is 16.8. The van der Waals surface area contributed by atoms with E-state index in [4.69, 9.17) is 27.1 Å². The maximum Gasteiger partial charge on any atom is 0.218 e. The number of nitrogens with one attached hydrogen (secondary N) is 1. The van der Waals surface area contributed by atoms with Crippen molar-refractivity contribution in [2.45, 2.75) is 31.2 Å². The number of carbonyl (C=O) groups is 1. The Morgan fingerprint density at radius 1 is 1.17 bits per heavy atom. The number of fused-ring (bicyclic) bond motifs is 1. The van der Waals surface area contributed by atoms with Gasteiger partial charge < -0.3 is 25.3 Å². The fourth-order valence-electron chi connectivity index (χ4n) is 4.95. The number of rotatable bonds is 8. The predicted octanol–water partition coefficient (Wildman–Crippen LogP) is 5.21. The monoisotopic (exact) mass is 504 g/mol. The Hall–Kier alpha value is -3.62. The molecule has 1 amide bonds. The largest absolute Gasteiger partial charge is 0.457 e. The van der Waals surface area contributed by atoms with E-state index in [1.165, 1.54) is 0 Å². The van der Waals surface area contributed by atoms with Crippen LogP contribution in [0.2, 0.25) is 5.02 Å². The van der Waals surface area contributed by atoms with E-state index in [0.717, 1.165) is 41.8 Å². The summed E-state index contributed by atoms with van der Waals surface area (Å²) in [7, 11) is 4.05. The highest BCUT2D eigenvalue weighted by Crippen LogP contribution is 2.34. The van der Waals surface area contributed by atoms with Crippen molar-refractivity contribution in [1.29, 1.82) is 0 Å². The summed E-state index contributed by atoms with van der Waals surface area (Å²) >= 11 is 5.99. The van der Waals surface area contributed by atoms with Gasteiger partial charge in [-0.15, -0.1) is 0 Å². The van der Waals surface area contributed by atoms with E-state index in [1.807, 2.05) is 66.2 Å². The molecule has 5 rings (SSSR count). The second kappa shape index (κ2) is 10.2. The molecular weight excluding hydrogens is 476 g/mol. The molecule has 4 aromatic rings. The Bertz CT molecular complexity index is 1390. The smallest absolute Gasteiger partial charge is 0.218 e. The molecule has 0 saturated carbocycles. The number of hydrogen-bond donors (Lipinski definition) is 2. The third-order valence-corrected chi connectivity index (χ3v) is 7.04. The number of nitrogens with two attached hydrogens (primary N) is 1. The number of ether oxygens (including phenoxy) is 1. The lowest BCUT2D eigenvalue weighted by Crippen LogP contribution is -2.34. The molecule has 1 saturated heterocycles. The minimum absolute atomic E-state index is 0.0710. The number of anilines is 2. The number of likely N-dealkylation sites (tertiary alicyclic amines) is 1. The number of primary amides is 1. The van der Waals surface area contributed by atoms with E-state index in [-0.39, 0.29) is 24.3 Å². The molecule has 3 heterocycles. The van der Waals surface area contributed by atoms with Gasteiger partial charge in [-0.2, -0.15) is 0 Å². The van der Waals surface area contributed by atoms with Crippen LogP contribution in [0.25, 0.3) is 11.0 Å². The zero-order valence-electron chi connectivity index (χ0n) is 20.3. The summed E-state index contributed by atoms with van der Waals surface area (Å²) in [6.07, 6.45) is 4.10. The first-order valence-corrected chi connectivity index (χ1v) is 12.4. The molecule has 1 fully saturated rings. The zero-order chi connectivity index (χ0) is 25.2. The highest BCUT2D eigenvalue weighted by molar-refractivity contribution is 6.30. The van der Waals surface area contributed by atoms with Gasteiger partial charge in [-0.3, -0.25) is 9.78 Å². The van der Waals surface area contributed by atoms with E-state index in [2.05, 4.69) is 22.2 Å². The number of aromatic nitrogens is 3. The number of carbonyl (C=O) groups excluding carboxylic acids is 1. The number of pyridine rings is 1. The lowest BCUT2D eigenvalue weighted by molar-refractivity contribution is -0.118. The number of hydrogen-bond acceptors (Lipinski definition) is 6. The number of halogens is 1. The molecule has 3 N–H and O–H groups in total. The molecule has 36 heavy (non-hydrogen) atoms. The van der Waals surface area contributed by atoms with Gasteiger partial charge in [0.2, 0.25) is 11.9 Å². The van der Waals surface area contributed by atoms with Crippen LogP contribution >= 0.6 is 11.6 Å². The minimum Gasteiger partial charge on any atom is -0.457 e. The van der Waals surface area contributed by atoms with Gasteiger partial charge in [0.15, 0.2) is 0 Å². The molecule has 2 atom stereocenters. The van der Waals surface area contributed by atoms with Crippen molar-refractivity contribution in [3.8, 4) is 11.5 Å². The van der Waals surface area contributed by atoms with Crippen molar-refractivity contribution in [2.75, 3.05) is 18.9 Å². The van der Waals surface area contributed by atoms with Gasteiger partial charge in [0.05, 0.1) is 11.0 Å². The van der Waals surface area contributed by atoms with E-state index >= 15 is 0 Å². The van der Waals surface area contributed by atoms with Gasteiger partial charge in [-0.25, -0.2) is 4.98 Å². The average molecular weight is 505 g/mol. The molecule has 0 spiro atoms. The third kappa shape index (κ3) is 5.15. The molecule has 0 aliphatic carbocycles. The fraction of sp³-hybridized carbons (Fsp3) is 0.296. The number of benzene rings is 2.